The summed E-state index contributed by atoms with van der Waals surface area (Å²) >= 11 is 0. The third-order valence-electron chi connectivity index (χ3n) is 2.75. The van der Waals surface area contributed by atoms with Crippen LogP contribution in [0.15, 0.2) is 18.3 Å². The zero-order chi connectivity index (χ0) is 12.4. The maximum absolute atomic E-state index is 10.7. The minimum Gasteiger partial charge on any atom is -0.477 e. The van der Waals surface area contributed by atoms with Gasteiger partial charge >= 0.3 is 5.97 Å². The Morgan fingerprint density at radius 3 is 2.53 bits per heavy atom. The summed E-state index contributed by atoms with van der Waals surface area (Å²) in [6.45, 7) is 5.67. The summed E-state index contributed by atoms with van der Waals surface area (Å²) in [6.07, 6.45) is 1.96. The molecule has 0 amide bonds. The second-order valence-electron chi connectivity index (χ2n) is 4.37. The topological polar surface area (TPSA) is 62.7 Å². The molecule has 0 aromatic carbocycles. The number of aromatic nitrogens is 1. The molecule has 0 aliphatic carbocycles. The van der Waals surface area contributed by atoms with E-state index in [0.717, 1.165) is 18.8 Å². The Labute approximate surface area is 100 Å². The van der Waals surface area contributed by atoms with Gasteiger partial charge in [0.25, 0.3) is 0 Å². The molecular weight excluding hydrogens is 220 g/mol. The highest BCUT2D eigenvalue weighted by molar-refractivity contribution is 5.85. The van der Waals surface area contributed by atoms with Gasteiger partial charge in [-0.2, -0.15) is 0 Å². The van der Waals surface area contributed by atoms with Crippen molar-refractivity contribution in [1.29, 1.82) is 0 Å². The number of morpholine rings is 1. The number of hydrogen-bond acceptors (Lipinski definition) is 4. The third-order valence-corrected chi connectivity index (χ3v) is 2.75. The van der Waals surface area contributed by atoms with Crippen LogP contribution in [0.4, 0.5) is 5.69 Å². The van der Waals surface area contributed by atoms with Crippen LogP contribution in [0.25, 0.3) is 0 Å². The molecule has 1 aliphatic rings. The monoisotopic (exact) mass is 236 g/mol. The van der Waals surface area contributed by atoms with E-state index in [1.807, 2.05) is 13.8 Å². The summed E-state index contributed by atoms with van der Waals surface area (Å²) in [5.74, 6) is -1.000. The van der Waals surface area contributed by atoms with Crippen molar-refractivity contribution >= 4 is 11.7 Å². The van der Waals surface area contributed by atoms with E-state index < -0.39 is 5.97 Å². The molecule has 1 fully saturated rings. The number of hydrogen-bond donors (Lipinski definition) is 1. The minimum absolute atomic E-state index is 0.0723. The highest BCUT2D eigenvalue weighted by Crippen LogP contribution is 2.19. The van der Waals surface area contributed by atoms with E-state index >= 15 is 0 Å². The molecule has 2 atom stereocenters. The number of nitrogens with zero attached hydrogens (tertiary/aromatic N) is 2. The van der Waals surface area contributed by atoms with Gasteiger partial charge in [-0.3, -0.25) is 0 Å². The Morgan fingerprint density at radius 1 is 1.41 bits per heavy atom. The number of carboxylic acids is 1. The lowest BCUT2D eigenvalue weighted by Gasteiger charge is -2.36. The number of aromatic carboxylic acids is 1. The van der Waals surface area contributed by atoms with E-state index in [-0.39, 0.29) is 17.9 Å². The molecule has 2 unspecified atom stereocenters. The summed E-state index contributed by atoms with van der Waals surface area (Å²) in [4.78, 5) is 16.8. The maximum atomic E-state index is 10.7. The van der Waals surface area contributed by atoms with Crippen molar-refractivity contribution in [1.82, 2.24) is 4.98 Å². The fourth-order valence-electron chi connectivity index (χ4n) is 2.09. The Kier molecular flexibility index (Phi) is 3.28. The van der Waals surface area contributed by atoms with Crippen LogP contribution in [0.5, 0.6) is 0 Å². The van der Waals surface area contributed by atoms with E-state index in [4.69, 9.17) is 9.84 Å². The maximum Gasteiger partial charge on any atom is 0.354 e. The number of pyridine rings is 1. The van der Waals surface area contributed by atoms with Gasteiger partial charge in [0.1, 0.15) is 5.69 Å². The van der Waals surface area contributed by atoms with Gasteiger partial charge in [0.05, 0.1) is 24.1 Å². The van der Waals surface area contributed by atoms with Gasteiger partial charge in [0, 0.05) is 13.1 Å². The van der Waals surface area contributed by atoms with E-state index in [2.05, 4.69) is 9.88 Å². The molecule has 1 aromatic rings. The Morgan fingerprint density at radius 2 is 2.06 bits per heavy atom. The summed E-state index contributed by atoms with van der Waals surface area (Å²) in [7, 11) is 0. The van der Waals surface area contributed by atoms with Crippen LogP contribution in [-0.4, -0.2) is 41.4 Å². The first kappa shape index (κ1) is 11.9. The van der Waals surface area contributed by atoms with Crippen molar-refractivity contribution in [2.75, 3.05) is 18.0 Å². The first-order valence-corrected chi connectivity index (χ1v) is 5.66. The summed E-state index contributed by atoms with van der Waals surface area (Å²) in [6, 6.07) is 3.32. The summed E-state index contributed by atoms with van der Waals surface area (Å²) in [5, 5.41) is 8.77. The van der Waals surface area contributed by atoms with Crippen LogP contribution in [0.1, 0.15) is 24.3 Å². The van der Waals surface area contributed by atoms with Crippen LogP contribution in [-0.2, 0) is 4.74 Å². The van der Waals surface area contributed by atoms with Gasteiger partial charge in [-0.05, 0) is 26.0 Å². The summed E-state index contributed by atoms with van der Waals surface area (Å²) in [5.41, 5.74) is 1.01. The zero-order valence-electron chi connectivity index (χ0n) is 9.96. The Bertz CT molecular complexity index is 395. The standard InChI is InChI=1S/C12H16N2O3/c1-8-6-14(7-9(2)17-8)10-3-4-11(12(15)16)13-5-10/h3-5,8-9H,6-7H2,1-2H3,(H,15,16). The number of rotatable bonds is 2. The molecule has 1 saturated heterocycles. The molecule has 0 bridgehead atoms. The van der Waals surface area contributed by atoms with E-state index in [1.54, 1.807) is 12.3 Å². The lowest BCUT2D eigenvalue weighted by Crippen LogP contribution is -2.45. The molecule has 17 heavy (non-hydrogen) atoms. The van der Waals surface area contributed by atoms with Crippen molar-refractivity contribution < 1.29 is 14.6 Å². The largest absolute Gasteiger partial charge is 0.477 e. The van der Waals surface area contributed by atoms with Crippen molar-refractivity contribution in [3.05, 3.63) is 24.0 Å². The van der Waals surface area contributed by atoms with Crippen molar-refractivity contribution in [2.24, 2.45) is 0 Å². The minimum atomic E-state index is -1.000. The predicted molar refractivity (Wildman–Crippen MR) is 63.4 cm³/mol. The predicted octanol–water partition coefficient (Wildman–Crippen LogP) is 1.39. The number of ether oxygens (including phenoxy) is 1. The van der Waals surface area contributed by atoms with Crippen molar-refractivity contribution in [3.8, 4) is 0 Å². The van der Waals surface area contributed by atoms with Crippen LogP contribution in [0, 0.1) is 0 Å². The lowest BCUT2D eigenvalue weighted by atomic mass is 10.2. The number of carbonyl (C=O) groups is 1. The molecule has 1 aliphatic heterocycles. The van der Waals surface area contributed by atoms with Crippen LogP contribution < -0.4 is 4.90 Å². The third kappa shape index (κ3) is 2.74. The SMILES string of the molecule is CC1CN(c2ccc(C(=O)O)nc2)CC(C)O1. The molecular formula is C12H16N2O3. The number of carboxylic acid groups (broad SMARTS) is 1. The Balaban J connectivity index is 2.14. The van der Waals surface area contributed by atoms with Crippen LogP contribution in [0.3, 0.4) is 0 Å². The molecule has 92 valence electrons. The molecule has 1 N–H and O–H groups in total. The normalized spacial score (nSPS) is 24.7. The van der Waals surface area contributed by atoms with Gasteiger partial charge in [-0.25, -0.2) is 9.78 Å². The van der Waals surface area contributed by atoms with Gasteiger partial charge < -0.3 is 14.7 Å². The second-order valence-corrected chi connectivity index (χ2v) is 4.37. The Hall–Kier alpha value is -1.62. The van der Waals surface area contributed by atoms with Gasteiger partial charge in [0.2, 0.25) is 0 Å². The number of anilines is 1. The van der Waals surface area contributed by atoms with E-state index in [1.165, 1.54) is 6.07 Å². The lowest BCUT2D eigenvalue weighted by molar-refractivity contribution is -0.00524. The molecule has 2 heterocycles. The van der Waals surface area contributed by atoms with Gasteiger partial charge in [0.15, 0.2) is 0 Å². The first-order valence-electron chi connectivity index (χ1n) is 5.66. The molecule has 0 radical (unpaired) electrons. The van der Waals surface area contributed by atoms with Gasteiger partial charge in [-0.15, -0.1) is 0 Å². The molecule has 5 nitrogen and oxygen atoms in total. The molecule has 0 saturated carbocycles. The highest BCUT2D eigenvalue weighted by atomic mass is 16.5. The average molecular weight is 236 g/mol. The quantitative estimate of drug-likeness (QED) is 0.840. The van der Waals surface area contributed by atoms with Crippen molar-refractivity contribution in [2.45, 2.75) is 26.1 Å². The van der Waals surface area contributed by atoms with Gasteiger partial charge in [-0.1, -0.05) is 0 Å². The van der Waals surface area contributed by atoms with E-state index in [0.29, 0.717) is 0 Å². The van der Waals surface area contributed by atoms with Crippen molar-refractivity contribution in [3.63, 3.8) is 0 Å². The summed E-state index contributed by atoms with van der Waals surface area (Å²) < 4.78 is 5.64. The molecule has 5 heteroatoms. The highest BCUT2D eigenvalue weighted by Gasteiger charge is 2.22. The molecule has 2 rings (SSSR count). The fourth-order valence-corrected chi connectivity index (χ4v) is 2.09. The van der Waals surface area contributed by atoms with Crippen LogP contribution in [0.2, 0.25) is 0 Å². The fraction of sp³-hybridized carbons (Fsp3) is 0.500. The average Bonchev–Trinajstić information content (AvgIpc) is 2.28. The van der Waals surface area contributed by atoms with Crippen LogP contribution >= 0.6 is 0 Å². The molecule has 1 aromatic heterocycles. The second kappa shape index (κ2) is 4.71. The van der Waals surface area contributed by atoms with E-state index in [9.17, 15) is 4.79 Å². The zero-order valence-corrected chi connectivity index (χ0v) is 9.96. The molecule has 0 spiro atoms. The first-order chi connectivity index (χ1) is 8.06. The smallest absolute Gasteiger partial charge is 0.354 e.